The molecule has 0 aliphatic rings. The highest BCUT2D eigenvalue weighted by molar-refractivity contribution is 7.51. The summed E-state index contributed by atoms with van der Waals surface area (Å²) in [4.78, 5) is 28.3. The number of hydrogen-bond acceptors (Lipinski definition) is 3. The molecule has 0 amide bonds. The van der Waals surface area contributed by atoms with Gasteiger partial charge in [0.15, 0.2) is 0 Å². The number of carbonyl (C=O) groups excluding carboxylic acids is 1. The SMILES string of the molecule is COC(=O)C(C)(C)CCP(=O)(O)O. The molecule has 2 N–H and O–H groups in total. The van der Waals surface area contributed by atoms with E-state index in [1.54, 1.807) is 13.8 Å². The standard InChI is InChI=1S/C7H15O5P/c1-7(2,6(8)12-3)4-5-13(9,10)11/h4-5H2,1-3H3,(H2,9,10,11). The van der Waals surface area contributed by atoms with E-state index >= 15 is 0 Å². The van der Waals surface area contributed by atoms with Crippen LogP contribution in [0.15, 0.2) is 0 Å². The summed E-state index contributed by atoms with van der Waals surface area (Å²) >= 11 is 0. The van der Waals surface area contributed by atoms with Crippen molar-refractivity contribution in [3.63, 3.8) is 0 Å². The van der Waals surface area contributed by atoms with Crippen LogP contribution in [0.25, 0.3) is 0 Å². The molecule has 0 aromatic carbocycles. The highest BCUT2D eigenvalue weighted by Gasteiger charge is 2.31. The van der Waals surface area contributed by atoms with Crippen molar-refractivity contribution >= 4 is 13.6 Å². The molecule has 0 atom stereocenters. The summed E-state index contributed by atoms with van der Waals surface area (Å²) in [5.74, 6) is -0.457. The van der Waals surface area contributed by atoms with Gasteiger partial charge in [-0.3, -0.25) is 9.36 Å². The van der Waals surface area contributed by atoms with Crippen LogP contribution in [0.3, 0.4) is 0 Å². The van der Waals surface area contributed by atoms with E-state index in [1.165, 1.54) is 7.11 Å². The normalized spacial score (nSPS) is 12.7. The van der Waals surface area contributed by atoms with Crippen LogP contribution in [-0.2, 0) is 14.1 Å². The lowest BCUT2D eigenvalue weighted by atomic mass is 9.91. The molecule has 78 valence electrons. The first-order valence-electron chi connectivity index (χ1n) is 3.82. The van der Waals surface area contributed by atoms with Crippen molar-refractivity contribution in [2.24, 2.45) is 5.41 Å². The average Bonchev–Trinajstić information content (AvgIpc) is 1.98. The fraction of sp³-hybridized carbons (Fsp3) is 0.857. The van der Waals surface area contributed by atoms with Gasteiger partial charge in [0.2, 0.25) is 0 Å². The van der Waals surface area contributed by atoms with E-state index in [0.29, 0.717) is 0 Å². The Hall–Kier alpha value is -0.380. The summed E-state index contributed by atoms with van der Waals surface area (Å²) in [7, 11) is -2.77. The predicted octanol–water partition coefficient (Wildman–Crippen LogP) is 0.753. The van der Waals surface area contributed by atoms with Gasteiger partial charge in [-0.1, -0.05) is 0 Å². The molecule has 0 fully saturated rings. The van der Waals surface area contributed by atoms with Gasteiger partial charge in [0.05, 0.1) is 18.7 Å². The summed E-state index contributed by atoms with van der Waals surface area (Å²) in [5.41, 5.74) is -0.837. The zero-order chi connectivity index (χ0) is 10.7. The third-order valence-corrected chi connectivity index (χ3v) is 2.57. The van der Waals surface area contributed by atoms with Gasteiger partial charge in [0, 0.05) is 0 Å². The Morgan fingerprint density at radius 3 is 2.23 bits per heavy atom. The fourth-order valence-electron chi connectivity index (χ4n) is 0.804. The van der Waals surface area contributed by atoms with Crippen molar-refractivity contribution in [3.8, 4) is 0 Å². The first kappa shape index (κ1) is 12.6. The van der Waals surface area contributed by atoms with Crippen LogP contribution in [0.4, 0.5) is 0 Å². The van der Waals surface area contributed by atoms with Gasteiger partial charge in [0.1, 0.15) is 0 Å². The second kappa shape index (κ2) is 4.22. The molecule has 13 heavy (non-hydrogen) atoms. The van der Waals surface area contributed by atoms with E-state index in [4.69, 9.17) is 9.79 Å². The topological polar surface area (TPSA) is 83.8 Å². The predicted molar refractivity (Wildman–Crippen MR) is 47.3 cm³/mol. The van der Waals surface area contributed by atoms with Crippen molar-refractivity contribution < 1.29 is 23.9 Å². The number of methoxy groups -OCH3 is 1. The van der Waals surface area contributed by atoms with E-state index in [9.17, 15) is 9.36 Å². The largest absolute Gasteiger partial charge is 0.469 e. The summed E-state index contributed by atoms with van der Waals surface area (Å²) in [6.45, 7) is 3.18. The van der Waals surface area contributed by atoms with Crippen LogP contribution < -0.4 is 0 Å². The lowest BCUT2D eigenvalue weighted by Gasteiger charge is -2.21. The van der Waals surface area contributed by atoms with Gasteiger partial charge in [0.25, 0.3) is 0 Å². The van der Waals surface area contributed by atoms with E-state index in [-0.39, 0.29) is 12.6 Å². The number of ether oxygens (including phenoxy) is 1. The molecule has 0 aliphatic carbocycles. The van der Waals surface area contributed by atoms with E-state index < -0.39 is 19.0 Å². The molecule has 0 spiro atoms. The number of hydrogen-bond donors (Lipinski definition) is 2. The van der Waals surface area contributed by atoms with E-state index in [0.717, 1.165) is 0 Å². The van der Waals surface area contributed by atoms with Crippen LogP contribution >= 0.6 is 7.60 Å². The molecule has 0 bridgehead atoms. The van der Waals surface area contributed by atoms with E-state index in [2.05, 4.69) is 4.74 Å². The molecule has 0 unspecified atom stereocenters. The first-order valence-corrected chi connectivity index (χ1v) is 5.62. The van der Waals surface area contributed by atoms with Crippen molar-refractivity contribution in [2.75, 3.05) is 13.3 Å². The zero-order valence-electron chi connectivity index (χ0n) is 7.98. The number of carbonyl (C=O) groups is 1. The maximum Gasteiger partial charge on any atom is 0.325 e. The van der Waals surface area contributed by atoms with Crippen LogP contribution in [-0.4, -0.2) is 29.0 Å². The molecule has 0 saturated carbocycles. The van der Waals surface area contributed by atoms with Gasteiger partial charge in [-0.2, -0.15) is 0 Å². The van der Waals surface area contributed by atoms with Crippen molar-refractivity contribution in [1.82, 2.24) is 0 Å². The molecular formula is C7H15O5P. The quantitative estimate of drug-likeness (QED) is 0.528. The molecule has 6 heteroatoms. The second-order valence-corrected chi connectivity index (χ2v) is 5.29. The Morgan fingerprint density at radius 2 is 1.92 bits per heavy atom. The first-order chi connectivity index (χ1) is 5.69. The molecule has 0 aliphatic heterocycles. The van der Waals surface area contributed by atoms with Crippen molar-refractivity contribution in [2.45, 2.75) is 20.3 Å². The maximum absolute atomic E-state index is 11.1. The molecule has 0 radical (unpaired) electrons. The Bertz CT molecular complexity index is 229. The number of rotatable bonds is 4. The summed E-state index contributed by atoms with van der Waals surface area (Å²) in [6.07, 6.45) is -0.181. The minimum Gasteiger partial charge on any atom is -0.469 e. The van der Waals surface area contributed by atoms with Gasteiger partial charge in [-0.25, -0.2) is 0 Å². The minimum absolute atomic E-state index is 0.115. The Labute approximate surface area is 77.3 Å². The number of esters is 1. The summed E-state index contributed by atoms with van der Waals surface area (Å²) < 4.78 is 15.0. The smallest absolute Gasteiger partial charge is 0.325 e. The molecular weight excluding hydrogens is 195 g/mol. The lowest BCUT2D eigenvalue weighted by Crippen LogP contribution is -2.26. The van der Waals surface area contributed by atoms with Crippen molar-refractivity contribution in [1.29, 1.82) is 0 Å². The maximum atomic E-state index is 11.1. The van der Waals surface area contributed by atoms with Gasteiger partial charge in [-0.15, -0.1) is 0 Å². The highest BCUT2D eigenvalue weighted by atomic mass is 31.2. The molecule has 0 heterocycles. The Morgan fingerprint density at radius 1 is 1.46 bits per heavy atom. The lowest BCUT2D eigenvalue weighted by molar-refractivity contribution is -0.150. The average molecular weight is 210 g/mol. The van der Waals surface area contributed by atoms with Crippen LogP contribution in [0.2, 0.25) is 0 Å². The minimum atomic E-state index is -4.02. The van der Waals surface area contributed by atoms with Crippen LogP contribution in [0, 0.1) is 5.41 Å². The summed E-state index contributed by atoms with van der Waals surface area (Å²) in [6, 6.07) is 0. The second-order valence-electron chi connectivity index (χ2n) is 3.51. The van der Waals surface area contributed by atoms with Crippen molar-refractivity contribution in [3.05, 3.63) is 0 Å². The fourth-order valence-corrected chi connectivity index (χ4v) is 1.65. The Kier molecular flexibility index (Phi) is 4.10. The van der Waals surface area contributed by atoms with Gasteiger partial charge in [-0.05, 0) is 20.3 Å². The molecule has 0 saturated heterocycles. The zero-order valence-corrected chi connectivity index (χ0v) is 8.88. The van der Waals surface area contributed by atoms with Crippen LogP contribution in [0.5, 0.6) is 0 Å². The van der Waals surface area contributed by atoms with E-state index in [1.807, 2.05) is 0 Å². The summed E-state index contributed by atoms with van der Waals surface area (Å²) in [5, 5.41) is 0. The highest BCUT2D eigenvalue weighted by Crippen LogP contribution is 2.38. The van der Waals surface area contributed by atoms with Gasteiger partial charge < -0.3 is 14.5 Å². The third-order valence-electron chi connectivity index (χ3n) is 1.77. The third kappa shape index (κ3) is 5.03. The van der Waals surface area contributed by atoms with Gasteiger partial charge >= 0.3 is 13.6 Å². The molecule has 5 nitrogen and oxygen atoms in total. The Balaban J connectivity index is 4.19. The molecule has 0 aromatic heterocycles. The molecule has 0 rings (SSSR count). The van der Waals surface area contributed by atoms with Crippen LogP contribution in [0.1, 0.15) is 20.3 Å². The monoisotopic (exact) mass is 210 g/mol. The molecule has 0 aromatic rings.